The van der Waals surface area contributed by atoms with Crippen LogP contribution >= 0.6 is 12.2 Å². The second kappa shape index (κ2) is 8.71. The quantitative estimate of drug-likeness (QED) is 0.456. The zero-order chi connectivity index (χ0) is 21.1. The Morgan fingerprint density at radius 1 is 1.07 bits per heavy atom. The van der Waals surface area contributed by atoms with Gasteiger partial charge in [0, 0.05) is 28.9 Å². The van der Waals surface area contributed by atoms with Crippen molar-refractivity contribution in [2.24, 2.45) is 0 Å². The minimum atomic E-state index is 0.196. The SMILES string of the molecule is COc1ccc(-n2nc(C)c([C@H]3C=C[C@@H](NC(=S)Nc4ccccc4)C3)c2C)cc1. The van der Waals surface area contributed by atoms with E-state index in [-0.39, 0.29) is 6.04 Å². The Hall–Kier alpha value is -3.12. The minimum Gasteiger partial charge on any atom is -0.497 e. The Morgan fingerprint density at radius 3 is 2.50 bits per heavy atom. The molecule has 1 aliphatic rings. The number of anilines is 1. The van der Waals surface area contributed by atoms with Crippen molar-refractivity contribution in [3.63, 3.8) is 0 Å². The fourth-order valence-electron chi connectivity index (χ4n) is 4.04. The van der Waals surface area contributed by atoms with Crippen LogP contribution in [0.2, 0.25) is 0 Å². The van der Waals surface area contributed by atoms with Crippen LogP contribution < -0.4 is 15.4 Å². The number of nitrogens with zero attached hydrogens (tertiary/aromatic N) is 2. The van der Waals surface area contributed by atoms with E-state index in [4.69, 9.17) is 22.1 Å². The number of nitrogens with one attached hydrogen (secondary N) is 2. The molecule has 1 aliphatic carbocycles. The number of aryl methyl sites for hydroxylation is 1. The molecule has 1 aromatic heterocycles. The van der Waals surface area contributed by atoms with Gasteiger partial charge in [-0.15, -0.1) is 0 Å². The molecule has 154 valence electrons. The van der Waals surface area contributed by atoms with E-state index in [2.05, 4.69) is 36.6 Å². The lowest BCUT2D eigenvalue weighted by molar-refractivity contribution is 0.414. The van der Waals surface area contributed by atoms with Gasteiger partial charge in [-0.25, -0.2) is 4.68 Å². The zero-order valence-corrected chi connectivity index (χ0v) is 18.2. The second-order valence-corrected chi connectivity index (χ2v) is 7.90. The fraction of sp³-hybridized carbons (Fsp3) is 0.250. The van der Waals surface area contributed by atoms with Gasteiger partial charge in [-0.3, -0.25) is 0 Å². The standard InChI is InChI=1S/C24H26N4OS/c1-16-23(17(2)28(27-16)21-11-13-22(29-3)14-12-21)18-9-10-20(15-18)26-24(30)25-19-7-5-4-6-8-19/h4-14,18,20H,15H2,1-3H3,(H2,25,26,30)/t18-,20+/m0/s1. The second-order valence-electron chi connectivity index (χ2n) is 7.49. The predicted molar refractivity (Wildman–Crippen MR) is 126 cm³/mol. The van der Waals surface area contributed by atoms with Crippen molar-refractivity contribution >= 4 is 23.0 Å². The van der Waals surface area contributed by atoms with E-state index in [1.165, 1.54) is 5.56 Å². The average molecular weight is 419 g/mol. The molecule has 0 amide bonds. The third-order valence-corrected chi connectivity index (χ3v) is 5.69. The summed E-state index contributed by atoms with van der Waals surface area (Å²) in [5.74, 6) is 1.15. The van der Waals surface area contributed by atoms with Gasteiger partial charge in [-0.2, -0.15) is 5.10 Å². The average Bonchev–Trinajstić information content (AvgIpc) is 3.32. The monoisotopic (exact) mass is 418 g/mol. The van der Waals surface area contributed by atoms with Crippen LogP contribution in [0.15, 0.2) is 66.7 Å². The molecule has 2 aromatic carbocycles. The van der Waals surface area contributed by atoms with Crippen molar-refractivity contribution in [1.82, 2.24) is 15.1 Å². The van der Waals surface area contributed by atoms with E-state index in [9.17, 15) is 0 Å². The van der Waals surface area contributed by atoms with E-state index in [1.807, 2.05) is 59.3 Å². The maximum atomic E-state index is 5.49. The number of aromatic nitrogens is 2. The summed E-state index contributed by atoms with van der Waals surface area (Å²) in [6.07, 6.45) is 5.41. The first-order valence-electron chi connectivity index (χ1n) is 10.1. The van der Waals surface area contributed by atoms with Gasteiger partial charge in [-0.1, -0.05) is 30.4 Å². The summed E-state index contributed by atoms with van der Waals surface area (Å²) in [4.78, 5) is 0. The van der Waals surface area contributed by atoms with Gasteiger partial charge in [0.25, 0.3) is 0 Å². The summed E-state index contributed by atoms with van der Waals surface area (Å²) in [6, 6.07) is 18.1. The lowest BCUT2D eigenvalue weighted by atomic mass is 9.96. The van der Waals surface area contributed by atoms with Crippen molar-refractivity contribution < 1.29 is 4.74 Å². The van der Waals surface area contributed by atoms with Crippen LogP contribution in [0.25, 0.3) is 5.69 Å². The maximum absolute atomic E-state index is 5.49. The predicted octanol–water partition coefficient (Wildman–Crippen LogP) is 4.90. The number of rotatable bonds is 5. The summed E-state index contributed by atoms with van der Waals surface area (Å²) in [5, 5.41) is 12.1. The first kappa shape index (κ1) is 20.2. The van der Waals surface area contributed by atoms with Crippen LogP contribution in [-0.4, -0.2) is 28.0 Å². The van der Waals surface area contributed by atoms with Gasteiger partial charge in [0.2, 0.25) is 0 Å². The highest BCUT2D eigenvalue weighted by Gasteiger charge is 2.26. The topological polar surface area (TPSA) is 51.1 Å². The summed E-state index contributed by atoms with van der Waals surface area (Å²) in [6.45, 7) is 4.22. The van der Waals surface area contributed by atoms with E-state index in [1.54, 1.807) is 7.11 Å². The third-order valence-electron chi connectivity index (χ3n) is 5.47. The van der Waals surface area contributed by atoms with Crippen LogP contribution in [0.1, 0.15) is 29.3 Å². The number of benzene rings is 2. The van der Waals surface area contributed by atoms with Gasteiger partial charge in [0.05, 0.1) is 18.5 Å². The molecular weight excluding hydrogens is 392 g/mol. The molecule has 0 fully saturated rings. The molecule has 0 saturated carbocycles. The van der Waals surface area contributed by atoms with Crippen molar-refractivity contribution in [2.75, 3.05) is 12.4 Å². The summed E-state index contributed by atoms with van der Waals surface area (Å²) in [7, 11) is 1.67. The Kier molecular flexibility index (Phi) is 5.86. The summed E-state index contributed by atoms with van der Waals surface area (Å²) in [5.41, 5.74) is 5.53. The highest BCUT2D eigenvalue weighted by molar-refractivity contribution is 7.80. The molecule has 3 aromatic rings. The minimum absolute atomic E-state index is 0.196. The molecule has 30 heavy (non-hydrogen) atoms. The molecular formula is C24H26N4OS. The van der Waals surface area contributed by atoms with Gasteiger partial charge in [0.1, 0.15) is 5.75 Å². The van der Waals surface area contributed by atoms with E-state index >= 15 is 0 Å². The van der Waals surface area contributed by atoms with E-state index < -0.39 is 0 Å². The van der Waals surface area contributed by atoms with Gasteiger partial charge in [-0.05, 0) is 68.9 Å². The fourth-order valence-corrected chi connectivity index (χ4v) is 4.31. The smallest absolute Gasteiger partial charge is 0.171 e. The molecule has 0 spiro atoms. The molecule has 2 N–H and O–H groups in total. The van der Waals surface area contributed by atoms with Crippen LogP contribution in [0, 0.1) is 13.8 Å². The van der Waals surface area contributed by atoms with Crippen molar-refractivity contribution in [1.29, 1.82) is 0 Å². The van der Waals surface area contributed by atoms with Crippen molar-refractivity contribution in [3.05, 3.63) is 83.7 Å². The van der Waals surface area contributed by atoms with Gasteiger partial charge < -0.3 is 15.4 Å². The van der Waals surface area contributed by atoms with Gasteiger partial charge >= 0.3 is 0 Å². The van der Waals surface area contributed by atoms with E-state index in [0.717, 1.165) is 34.9 Å². The Labute approximate surface area is 182 Å². The zero-order valence-electron chi connectivity index (χ0n) is 17.4. The molecule has 5 nitrogen and oxygen atoms in total. The van der Waals surface area contributed by atoms with Crippen molar-refractivity contribution in [2.45, 2.75) is 32.2 Å². The highest BCUT2D eigenvalue weighted by Crippen LogP contribution is 2.34. The molecule has 4 rings (SSSR count). The first-order valence-corrected chi connectivity index (χ1v) is 10.5. The normalized spacial score (nSPS) is 17.7. The number of thiocarbonyl (C=S) groups is 1. The highest BCUT2D eigenvalue weighted by atomic mass is 32.1. The molecule has 6 heteroatoms. The van der Waals surface area contributed by atoms with Crippen molar-refractivity contribution in [3.8, 4) is 11.4 Å². The number of hydrogen-bond acceptors (Lipinski definition) is 3. The summed E-state index contributed by atoms with van der Waals surface area (Å²) >= 11 is 5.49. The van der Waals surface area contributed by atoms with Crippen LogP contribution in [0.3, 0.4) is 0 Å². The van der Waals surface area contributed by atoms with Crippen LogP contribution in [-0.2, 0) is 0 Å². The number of hydrogen-bond donors (Lipinski definition) is 2. The lowest BCUT2D eigenvalue weighted by Gasteiger charge is -2.17. The number of ether oxygens (including phenoxy) is 1. The molecule has 0 radical (unpaired) electrons. The molecule has 0 aliphatic heterocycles. The van der Waals surface area contributed by atoms with E-state index in [0.29, 0.717) is 11.0 Å². The van der Waals surface area contributed by atoms with Crippen LogP contribution in [0.4, 0.5) is 5.69 Å². The molecule has 1 heterocycles. The molecule has 0 unspecified atom stereocenters. The van der Waals surface area contributed by atoms with Gasteiger partial charge in [0.15, 0.2) is 5.11 Å². The number of para-hydroxylation sites is 1. The molecule has 0 saturated heterocycles. The lowest BCUT2D eigenvalue weighted by Crippen LogP contribution is -2.35. The maximum Gasteiger partial charge on any atom is 0.171 e. The Bertz CT molecular complexity index is 1060. The molecule has 0 bridgehead atoms. The largest absolute Gasteiger partial charge is 0.497 e. The molecule has 2 atom stereocenters. The Morgan fingerprint density at radius 2 is 1.80 bits per heavy atom. The first-order chi connectivity index (χ1) is 14.5. The number of methoxy groups -OCH3 is 1. The number of allylic oxidation sites excluding steroid dienone is 1. The Balaban J connectivity index is 1.44. The summed E-state index contributed by atoms with van der Waals surface area (Å²) < 4.78 is 7.28. The third kappa shape index (κ3) is 4.24. The van der Waals surface area contributed by atoms with Crippen LogP contribution in [0.5, 0.6) is 5.75 Å².